The summed E-state index contributed by atoms with van der Waals surface area (Å²) in [6.45, 7) is -0.146. The molecule has 0 atom stereocenters. The molecular weight excluding hydrogens is 304 g/mol. The number of benzene rings is 1. The summed E-state index contributed by atoms with van der Waals surface area (Å²) in [6.07, 6.45) is 2.37. The molecule has 2 aromatic rings. The van der Waals surface area contributed by atoms with E-state index in [4.69, 9.17) is 0 Å². The van der Waals surface area contributed by atoms with Gasteiger partial charge in [0.1, 0.15) is 12.7 Å². The molecule has 9 nitrogen and oxygen atoms in total. The van der Waals surface area contributed by atoms with E-state index in [1.807, 2.05) is 0 Å². The van der Waals surface area contributed by atoms with Gasteiger partial charge in [0.2, 0.25) is 12.2 Å². The van der Waals surface area contributed by atoms with Crippen LogP contribution in [0.3, 0.4) is 0 Å². The van der Waals surface area contributed by atoms with Crippen LogP contribution in [0.5, 0.6) is 0 Å². The zero-order valence-electron chi connectivity index (χ0n) is 12.5. The first-order valence-corrected chi connectivity index (χ1v) is 6.54. The minimum atomic E-state index is -0.642. The Hall–Kier alpha value is -3.23. The van der Waals surface area contributed by atoms with E-state index in [1.54, 1.807) is 24.3 Å². The maximum Gasteiger partial charge on any atom is 0.381 e. The summed E-state index contributed by atoms with van der Waals surface area (Å²) in [5, 5.41) is 10.6. The van der Waals surface area contributed by atoms with Gasteiger partial charge in [-0.25, -0.2) is 4.79 Å². The van der Waals surface area contributed by atoms with E-state index < -0.39 is 10.9 Å². The Kier molecular flexibility index (Phi) is 4.69. The summed E-state index contributed by atoms with van der Waals surface area (Å²) in [4.78, 5) is 38.9. The van der Waals surface area contributed by atoms with Gasteiger partial charge in [0.15, 0.2) is 0 Å². The number of imidazole rings is 1. The van der Waals surface area contributed by atoms with Gasteiger partial charge in [-0.05, 0) is 22.0 Å². The third-order valence-corrected chi connectivity index (χ3v) is 3.17. The van der Waals surface area contributed by atoms with E-state index in [9.17, 15) is 19.7 Å². The number of aromatic nitrogens is 2. The molecule has 0 saturated carbocycles. The lowest BCUT2D eigenvalue weighted by atomic mass is 10.1. The molecule has 0 fully saturated rings. The number of ether oxygens (including phenoxy) is 1. The summed E-state index contributed by atoms with van der Waals surface area (Å²) < 4.78 is 5.99. The average molecular weight is 318 g/mol. The Labute approximate surface area is 131 Å². The summed E-state index contributed by atoms with van der Waals surface area (Å²) in [5.74, 6) is -1.26. The molecule has 0 N–H and O–H groups in total. The predicted octanol–water partition coefficient (Wildman–Crippen LogP) is 1.24. The Morgan fingerprint density at radius 1 is 1.39 bits per heavy atom. The number of carbonyl (C=O) groups excluding carboxylic acids is 2. The molecule has 0 aliphatic carbocycles. The molecule has 1 amide bonds. The van der Waals surface area contributed by atoms with E-state index in [-0.39, 0.29) is 23.8 Å². The quantitative estimate of drug-likeness (QED) is 0.466. The van der Waals surface area contributed by atoms with Crippen LogP contribution in [0.1, 0.15) is 10.4 Å². The predicted molar refractivity (Wildman–Crippen MR) is 80.1 cm³/mol. The summed E-state index contributed by atoms with van der Waals surface area (Å²) in [5.41, 5.74) is 0.640. The van der Waals surface area contributed by atoms with E-state index >= 15 is 0 Å². The molecule has 0 spiro atoms. The first-order valence-electron chi connectivity index (χ1n) is 6.54. The van der Waals surface area contributed by atoms with Gasteiger partial charge in [-0.15, -0.1) is 0 Å². The molecular formula is C14H14N4O5. The van der Waals surface area contributed by atoms with Crippen molar-refractivity contribution >= 4 is 23.4 Å². The monoisotopic (exact) mass is 318 g/mol. The van der Waals surface area contributed by atoms with Crippen LogP contribution in [-0.2, 0) is 16.1 Å². The summed E-state index contributed by atoms with van der Waals surface area (Å²) >= 11 is 0. The van der Waals surface area contributed by atoms with Crippen LogP contribution in [0.15, 0.2) is 36.8 Å². The molecule has 0 unspecified atom stereocenters. The van der Waals surface area contributed by atoms with Crippen molar-refractivity contribution < 1.29 is 19.2 Å². The number of nitrogens with zero attached hydrogens (tertiary/aromatic N) is 4. The number of para-hydroxylation sites is 1. The zero-order chi connectivity index (χ0) is 17.0. The van der Waals surface area contributed by atoms with E-state index in [1.165, 1.54) is 30.0 Å². The lowest BCUT2D eigenvalue weighted by Crippen LogP contribution is -2.31. The normalized spacial score (nSPS) is 10.2. The molecule has 1 aromatic carbocycles. The van der Waals surface area contributed by atoms with Crippen LogP contribution in [0, 0.1) is 10.1 Å². The number of rotatable bonds is 5. The maximum absolute atomic E-state index is 12.3. The van der Waals surface area contributed by atoms with Crippen LogP contribution in [0.4, 0.5) is 11.5 Å². The smallest absolute Gasteiger partial charge is 0.381 e. The van der Waals surface area contributed by atoms with E-state index in [0.717, 1.165) is 6.20 Å². The van der Waals surface area contributed by atoms with Crippen LogP contribution in [-0.4, -0.2) is 40.5 Å². The number of methoxy groups -OCH3 is 1. The minimum absolute atomic E-state index is 0.146. The lowest BCUT2D eigenvalue weighted by Gasteiger charge is -2.19. The number of amides is 1. The second kappa shape index (κ2) is 6.69. The Morgan fingerprint density at radius 2 is 2.09 bits per heavy atom. The van der Waals surface area contributed by atoms with Crippen molar-refractivity contribution in [2.75, 3.05) is 19.1 Å². The second-order valence-electron chi connectivity index (χ2n) is 4.62. The highest BCUT2D eigenvalue weighted by atomic mass is 16.6. The van der Waals surface area contributed by atoms with Gasteiger partial charge >= 0.3 is 11.8 Å². The van der Waals surface area contributed by atoms with Crippen LogP contribution < -0.4 is 4.90 Å². The van der Waals surface area contributed by atoms with Crippen molar-refractivity contribution in [1.82, 2.24) is 9.55 Å². The van der Waals surface area contributed by atoms with Crippen LogP contribution in [0.2, 0.25) is 0 Å². The van der Waals surface area contributed by atoms with Gasteiger partial charge in [-0.2, -0.15) is 0 Å². The van der Waals surface area contributed by atoms with Crippen molar-refractivity contribution in [1.29, 1.82) is 0 Å². The van der Waals surface area contributed by atoms with Crippen LogP contribution in [0.25, 0.3) is 0 Å². The van der Waals surface area contributed by atoms with Gasteiger partial charge < -0.3 is 24.3 Å². The fourth-order valence-corrected chi connectivity index (χ4v) is 1.97. The molecule has 23 heavy (non-hydrogen) atoms. The number of nitro groups is 1. The molecule has 2 rings (SSSR count). The highest BCUT2D eigenvalue weighted by Crippen LogP contribution is 2.20. The summed E-state index contributed by atoms with van der Waals surface area (Å²) in [6, 6.07) is 6.51. The van der Waals surface area contributed by atoms with E-state index in [2.05, 4.69) is 9.72 Å². The first-order chi connectivity index (χ1) is 10.9. The standard InChI is InChI=1S/C14H14N4O5/c1-16(11-6-4-3-5-10(11)14(20)23-2)13(19)8-17-7-12(15-9-17)18(21)22/h3-7,9H,8H2,1-2H3. The average Bonchev–Trinajstić information content (AvgIpc) is 3.02. The van der Waals surface area contributed by atoms with Gasteiger partial charge in [0.25, 0.3) is 0 Å². The number of esters is 1. The van der Waals surface area contributed by atoms with Crippen molar-refractivity contribution in [3.05, 3.63) is 52.5 Å². The third kappa shape index (κ3) is 3.51. The number of likely N-dealkylation sites (N-methyl/N-ethyl adjacent to an activating group) is 1. The fraction of sp³-hybridized carbons (Fsp3) is 0.214. The number of anilines is 1. The molecule has 0 bridgehead atoms. The molecule has 1 heterocycles. The molecule has 0 aliphatic heterocycles. The van der Waals surface area contributed by atoms with Crippen LogP contribution >= 0.6 is 0 Å². The third-order valence-electron chi connectivity index (χ3n) is 3.17. The molecule has 0 aliphatic rings. The van der Waals surface area contributed by atoms with Crippen molar-refractivity contribution in [2.24, 2.45) is 0 Å². The Morgan fingerprint density at radius 3 is 2.70 bits per heavy atom. The maximum atomic E-state index is 12.3. The first kappa shape index (κ1) is 16.1. The number of carbonyl (C=O) groups is 2. The summed E-state index contributed by atoms with van der Waals surface area (Å²) in [7, 11) is 2.76. The number of hydrogen-bond acceptors (Lipinski definition) is 6. The number of hydrogen-bond donors (Lipinski definition) is 0. The molecule has 0 saturated heterocycles. The topological polar surface area (TPSA) is 108 Å². The van der Waals surface area contributed by atoms with Crippen molar-refractivity contribution in [3.8, 4) is 0 Å². The second-order valence-corrected chi connectivity index (χ2v) is 4.62. The van der Waals surface area contributed by atoms with Gasteiger partial charge in [0, 0.05) is 7.05 Å². The SMILES string of the molecule is COC(=O)c1ccccc1N(C)C(=O)Cn1cnc([N+](=O)[O-])c1. The van der Waals surface area contributed by atoms with E-state index in [0.29, 0.717) is 5.69 Å². The Balaban J connectivity index is 2.19. The largest absolute Gasteiger partial charge is 0.465 e. The van der Waals surface area contributed by atoms with Gasteiger partial charge in [-0.1, -0.05) is 12.1 Å². The lowest BCUT2D eigenvalue weighted by molar-refractivity contribution is -0.389. The van der Waals surface area contributed by atoms with Gasteiger partial charge in [-0.3, -0.25) is 4.79 Å². The van der Waals surface area contributed by atoms with Crippen molar-refractivity contribution in [3.63, 3.8) is 0 Å². The van der Waals surface area contributed by atoms with Crippen molar-refractivity contribution in [2.45, 2.75) is 6.54 Å². The molecule has 120 valence electrons. The molecule has 9 heteroatoms. The molecule has 0 radical (unpaired) electrons. The highest BCUT2D eigenvalue weighted by molar-refractivity contribution is 6.02. The highest BCUT2D eigenvalue weighted by Gasteiger charge is 2.20. The zero-order valence-corrected chi connectivity index (χ0v) is 12.5. The Bertz CT molecular complexity index is 755. The molecule has 1 aromatic heterocycles. The minimum Gasteiger partial charge on any atom is -0.465 e. The van der Waals surface area contributed by atoms with Gasteiger partial charge in [0.05, 0.1) is 18.4 Å². The fourth-order valence-electron chi connectivity index (χ4n) is 1.97.